The van der Waals surface area contributed by atoms with Gasteiger partial charge in [0.15, 0.2) is 0 Å². The van der Waals surface area contributed by atoms with Crippen molar-refractivity contribution in [2.24, 2.45) is 35.5 Å². The molecule has 9 atom stereocenters. The van der Waals surface area contributed by atoms with Gasteiger partial charge in [-0.2, -0.15) is 5.26 Å². The summed E-state index contributed by atoms with van der Waals surface area (Å²) in [7, 11) is 0. The van der Waals surface area contributed by atoms with Gasteiger partial charge in [0, 0.05) is 56.1 Å². The van der Waals surface area contributed by atoms with Crippen molar-refractivity contribution in [3.05, 3.63) is 58.1 Å². The fourth-order valence-electron chi connectivity index (χ4n) is 8.35. The van der Waals surface area contributed by atoms with E-state index in [-0.39, 0.29) is 36.1 Å². The van der Waals surface area contributed by atoms with Gasteiger partial charge in [-0.3, -0.25) is 19.4 Å². The van der Waals surface area contributed by atoms with Crippen LogP contribution in [0.25, 0.3) is 0 Å². The van der Waals surface area contributed by atoms with Gasteiger partial charge in [-0.15, -0.1) is 0 Å². The molecule has 4 rings (SSSR count). The molecule has 0 bridgehead atoms. The van der Waals surface area contributed by atoms with E-state index < -0.39 is 24.3 Å². The van der Waals surface area contributed by atoms with Gasteiger partial charge in [-0.1, -0.05) is 74.3 Å². The Morgan fingerprint density at radius 1 is 0.980 bits per heavy atom. The van der Waals surface area contributed by atoms with Crippen LogP contribution in [0.15, 0.2) is 52.5 Å². The second kappa shape index (κ2) is 20.6. The van der Waals surface area contributed by atoms with Crippen molar-refractivity contribution < 1.29 is 29.3 Å². The monoisotopic (exact) mass is 769 g/mol. The molecule has 2 fully saturated rings. The summed E-state index contributed by atoms with van der Waals surface area (Å²) >= 11 is 3.50. The van der Waals surface area contributed by atoms with Gasteiger partial charge >= 0.3 is 11.9 Å². The third kappa shape index (κ3) is 13.1. The van der Waals surface area contributed by atoms with E-state index in [4.69, 9.17) is 9.47 Å². The van der Waals surface area contributed by atoms with Gasteiger partial charge in [0.1, 0.15) is 12.7 Å². The summed E-state index contributed by atoms with van der Waals surface area (Å²) in [4.78, 5) is 31.5. The lowest BCUT2D eigenvalue weighted by Gasteiger charge is -2.34. The van der Waals surface area contributed by atoms with E-state index in [1.165, 1.54) is 5.56 Å². The molecular weight excluding hydrogens is 710 g/mol. The largest absolute Gasteiger partial charge is 0.464 e. The molecule has 0 spiro atoms. The summed E-state index contributed by atoms with van der Waals surface area (Å²) in [6.07, 6.45) is 7.93. The van der Waals surface area contributed by atoms with Gasteiger partial charge in [-0.05, 0) is 79.5 Å². The SMILES string of the molecule is C[C@@H]1C[C@H](C)C[C@H](C)[C@@H](O)CC(=O)O[C@H]([C@@H]2CCC[C@H]2C(=O)OCCN2CCN(Cc3ccc(Br)cc3)CC2)C/C=C/C=C(/C#N)[C@H](O)[C@@H](C)C1. The van der Waals surface area contributed by atoms with Crippen LogP contribution in [0.1, 0.15) is 84.6 Å². The summed E-state index contributed by atoms with van der Waals surface area (Å²) in [5, 5.41) is 31.8. The van der Waals surface area contributed by atoms with Crippen molar-refractivity contribution in [1.29, 1.82) is 5.26 Å². The van der Waals surface area contributed by atoms with E-state index in [1.54, 1.807) is 12.2 Å². The summed E-state index contributed by atoms with van der Waals surface area (Å²) < 4.78 is 13.0. The van der Waals surface area contributed by atoms with Crippen LogP contribution in [-0.2, 0) is 25.6 Å². The maximum atomic E-state index is 13.5. The predicted octanol–water partition coefficient (Wildman–Crippen LogP) is 6.67. The van der Waals surface area contributed by atoms with E-state index in [2.05, 4.69) is 69.9 Å². The van der Waals surface area contributed by atoms with Crippen LogP contribution in [-0.4, -0.2) is 89.6 Å². The van der Waals surface area contributed by atoms with Crippen LogP contribution in [0, 0.1) is 46.8 Å². The highest BCUT2D eigenvalue weighted by Gasteiger charge is 2.41. The highest BCUT2D eigenvalue weighted by Crippen LogP contribution is 2.38. The first-order valence-corrected chi connectivity index (χ1v) is 19.9. The van der Waals surface area contributed by atoms with Crippen LogP contribution in [0.3, 0.4) is 0 Å². The summed E-state index contributed by atoms with van der Waals surface area (Å²) in [6, 6.07) is 10.6. The fourth-order valence-corrected chi connectivity index (χ4v) is 8.62. The number of cyclic esters (lactones) is 1. The zero-order chi connectivity index (χ0) is 36.9. The van der Waals surface area contributed by atoms with E-state index in [0.29, 0.717) is 43.4 Å². The molecule has 1 saturated carbocycles. The molecule has 1 aromatic rings. The standard InChI is InChI=1S/C41H60BrN3O6/c1-28-22-29(2)24-31(4)40(48)33(26-43)8-5-6-11-38(51-39(47)25-37(46)30(3)23-28)35-9-7-10-36(35)41(49)50-21-20-44-16-18-45(19-17-44)27-32-12-14-34(42)15-13-32/h5-6,8,12-15,28-31,35-38,40,46,48H,7,9-11,16-25,27H2,1-4H3/b6-5+,33-8-/t28-,29+,30-,31-,35+,36+,37-,38-,40+/m0/s1. The van der Waals surface area contributed by atoms with Crippen LogP contribution in [0.2, 0.25) is 0 Å². The minimum Gasteiger partial charge on any atom is -0.464 e. The Kier molecular flexibility index (Phi) is 16.7. The Balaban J connectivity index is 1.36. The first-order valence-electron chi connectivity index (χ1n) is 19.1. The minimum absolute atomic E-state index is 0.0837. The number of nitrogens with zero attached hydrogens (tertiary/aromatic N) is 3. The van der Waals surface area contributed by atoms with Gasteiger partial charge in [0.05, 0.1) is 36.2 Å². The Morgan fingerprint density at radius 3 is 2.33 bits per heavy atom. The molecule has 282 valence electrons. The number of hydrogen-bond donors (Lipinski definition) is 2. The smallest absolute Gasteiger partial charge is 0.309 e. The van der Waals surface area contributed by atoms with Crippen molar-refractivity contribution in [1.82, 2.24) is 9.80 Å². The van der Waals surface area contributed by atoms with Crippen molar-refractivity contribution >= 4 is 27.9 Å². The number of benzene rings is 1. The number of ether oxygens (including phenoxy) is 2. The summed E-state index contributed by atoms with van der Waals surface area (Å²) in [5.74, 6) is -0.808. The summed E-state index contributed by atoms with van der Waals surface area (Å²) in [6.45, 7) is 14.0. The average molecular weight is 771 g/mol. The van der Waals surface area contributed by atoms with Gasteiger partial charge in [0.2, 0.25) is 0 Å². The molecule has 3 aliphatic rings. The number of halogens is 1. The molecule has 1 aromatic carbocycles. The van der Waals surface area contributed by atoms with Gasteiger partial charge in [-0.25, -0.2) is 0 Å². The number of rotatable bonds is 7. The normalized spacial score (nSPS) is 34.3. The number of carbonyl (C=O) groups is 2. The molecule has 0 radical (unpaired) electrons. The first-order chi connectivity index (χ1) is 24.4. The first kappa shape index (κ1) is 41.2. The second-order valence-corrected chi connectivity index (χ2v) is 16.5. The third-order valence-corrected chi connectivity index (χ3v) is 11.8. The van der Waals surface area contributed by atoms with Crippen molar-refractivity contribution in [3.63, 3.8) is 0 Å². The molecule has 10 heteroatoms. The van der Waals surface area contributed by atoms with Crippen LogP contribution in [0.5, 0.6) is 0 Å². The van der Waals surface area contributed by atoms with Crippen molar-refractivity contribution in [3.8, 4) is 6.07 Å². The molecule has 1 saturated heterocycles. The quantitative estimate of drug-likeness (QED) is 0.293. The van der Waals surface area contributed by atoms with E-state index in [0.717, 1.165) is 69.3 Å². The fraction of sp³-hybridized carbons (Fsp3) is 0.683. The van der Waals surface area contributed by atoms with Crippen LogP contribution < -0.4 is 0 Å². The molecule has 0 aromatic heterocycles. The molecule has 0 unspecified atom stereocenters. The van der Waals surface area contributed by atoms with Crippen LogP contribution >= 0.6 is 15.9 Å². The number of aliphatic hydroxyl groups is 2. The number of allylic oxidation sites excluding steroid dienone is 2. The van der Waals surface area contributed by atoms with Crippen molar-refractivity contribution in [2.75, 3.05) is 39.3 Å². The molecule has 1 aliphatic carbocycles. The average Bonchev–Trinajstić information content (AvgIpc) is 3.59. The number of aliphatic hydroxyl groups excluding tert-OH is 2. The lowest BCUT2D eigenvalue weighted by atomic mass is 9.82. The van der Waals surface area contributed by atoms with E-state index in [9.17, 15) is 25.1 Å². The Hall–Kier alpha value is -2.55. The minimum atomic E-state index is -0.874. The Labute approximate surface area is 314 Å². The molecule has 2 N–H and O–H groups in total. The maximum Gasteiger partial charge on any atom is 0.309 e. The molecule has 9 nitrogen and oxygen atoms in total. The van der Waals surface area contributed by atoms with E-state index in [1.807, 2.05) is 19.9 Å². The Bertz CT molecular complexity index is 1350. The topological polar surface area (TPSA) is 123 Å². The molecule has 2 heterocycles. The lowest BCUT2D eigenvalue weighted by Crippen LogP contribution is -2.47. The number of esters is 2. The Morgan fingerprint density at radius 2 is 1.65 bits per heavy atom. The highest BCUT2D eigenvalue weighted by atomic mass is 79.9. The zero-order valence-electron chi connectivity index (χ0n) is 31.1. The van der Waals surface area contributed by atoms with E-state index >= 15 is 0 Å². The van der Waals surface area contributed by atoms with Crippen LogP contribution in [0.4, 0.5) is 0 Å². The summed E-state index contributed by atoms with van der Waals surface area (Å²) in [5.41, 5.74) is 1.60. The van der Waals surface area contributed by atoms with Crippen molar-refractivity contribution in [2.45, 2.75) is 104 Å². The molecular formula is C41H60BrN3O6. The third-order valence-electron chi connectivity index (χ3n) is 11.2. The second-order valence-electron chi connectivity index (χ2n) is 15.6. The zero-order valence-corrected chi connectivity index (χ0v) is 32.7. The number of hydrogen-bond acceptors (Lipinski definition) is 9. The predicted molar refractivity (Wildman–Crippen MR) is 202 cm³/mol. The van der Waals surface area contributed by atoms with Gasteiger partial charge in [0.25, 0.3) is 0 Å². The lowest BCUT2D eigenvalue weighted by molar-refractivity contribution is -0.161. The van der Waals surface area contributed by atoms with Gasteiger partial charge < -0.3 is 19.7 Å². The molecule has 2 aliphatic heterocycles. The number of piperazine rings is 1. The number of carbonyl (C=O) groups excluding carboxylic acids is 2. The molecule has 51 heavy (non-hydrogen) atoms. The molecule has 0 amide bonds. The maximum absolute atomic E-state index is 13.5. The number of nitriles is 1. The highest BCUT2D eigenvalue weighted by molar-refractivity contribution is 9.10.